The van der Waals surface area contributed by atoms with Gasteiger partial charge in [0.2, 0.25) is 0 Å². The molecular formula is C21H23N2O5S+. The van der Waals surface area contributed by atoms with Crippen LogP contribution in [0.5, 0.6) is 17.2 Å². The van der Waals surface area contributed by atoms with Gasteiger partial charge in [0.15, 0.2) is 18.9 Å². The molecule has 0 aliphatic rings. The summed E-state index contributed by atoms with van der Waals surface area (Å²) in [4.78, 5) is 0.0435. The van der Waals surface area contributed by atoms with Crippen LogP contribution in [0.25, 0.3) is 0 Å². The van der Waals surface area contributed by atoms with Crippen molar-refractivity contribution >= 4 is 15.8 Å². The first-order valence-electron chi connectivity index (χ1n) is 8.93. The molecule has 152 valence electrons. The van der Waals surface area contributed by atoms with Gasteiger partial charge in [0.1, 0.15) is 28.8 Å². The Hall–Kier alpha value is -3.26. The van der Waals surface area contributed by atoms with E-state index >= 15 is 0 Å². The second-order valence-corrected chi connectivity index (χ2v) is 7.96. The van der Waals surface area contributed by atoms with E-state index in [9.17, 15) is 8.42 Å². The molecule has 0 unspecified atom stereocenters. The molecule has 0 aliphatic carbocycles. The van der Waals surface area contributed by atoms with Gasteiger partial charge < -0.3 is 19.4 Å². The van der Waals surface area contributed by atoms with Crippen LogP contribution < -0.4 is 24.0 Å². The SMILES string of the molecule is COc1ccc(S(=O)(=O)Oc2cc(C)cc(OCC[n+]3ccc(N)cc3)c2)cc1. The summed E-state index contributed by atoms with van der Waals surface area (Å²) in [6.07, 6.45) is 3.73. The molecule has 0 radical (unpaired) electrons. The maximum absolute atomic E-state index is 12.5. The zero-order valence-electron chi connectivity index (χ0n) is 16.2. The predicted octanol–water partition coefficient (Wildman–Crippen LogP) is 2.72. The Kier molecular flexibility index (Phi) is 6.23. The number of methoxy groups -OCH3 is 1. The van der Waals surface area contributed by atoms with Gasteiger partial charge >= 0.3 is 10.1 Å². The molecular weight excluding hydrogens is 392 g/mol. The number of pyridine rings is 1. The second kappa shape index (κ2) is 8.83. The molecule has 3 rings (SSSR count). The molecule has 0 fully saturated rings. The van der Waals surface area contributed by atoms with Gasteiger partial charge in [0.25, 0.3) is 0 Å². The number of anilines is 1. The molecule has 3 aromatic rings. The third kappa shape index (κ3) is 5.61. The summed E-state index contributed by atoms with van der Waals surface area (Å²) in [5.41, 5.74) is 7.19. The molecule has 7 nitrogen and oxygen atoms in total. The second-order valence-electron chi connectivity index (χ2n) is 6.41. The average Bonchev–Trinajstić information content (AvgIpc) is 2.69. The Labute approximate surface area is 170 Å². The van der Waals surface area contributed by atoms with Gasteiger partial charge in [-0.1, -0.05) is 0 Å². The zero-order chi connectivity index (χ0) is 20.9. The lowest BCUT2D eigenvalue weighted by Crippen LogP contribution is -2.35. The van der Waals surface area contributed by atoms with E-state index in [2.05, 4.69) is 0 Å². The van der Waals surface area contributed by atoms with E-state index in [4.69, 9.17) is 19.4 Å². The van der Waals surface area contributed by atoms with E-state index in [1.54, 1.807) is 24.3 Å². The maximum atomic E-state index is 12.5. The number of benzene rings is 2. The standard InChI is InChI=1S/C21H22N2O5S/c1-16-13-19(27-12-11-23-9-7-17(22)8-10-23)15-20(14-16)28-29(24,25)21-5-3-18(26-2)4-6-21/h3-10,13-15,22H,11-12H2,1-2H3/p+1. The summed E-state index contributed by atoms with van der Waals surface area (Å²) in [6.45, 7) is 2.87. The Morgan fingerprint density at radius 2 is 1.59 bits per heavy atom. The number of aromatic nitrogens is 1. The number of hydrogen-bond acceptors (Lipinski definition) is 6. The minimum absolute atomic E-state index is 0.0435. The minimum atomic E-state index is -3.97. The van der Waals surface area contributed by atoms with Crippen molar-refractivity contribution in [3.8, 4) is 17.2 Å². The topological polar surface area (TPSA) is 91.7 Å². The number of hydrogen-bond donors (Lipinski definition) is 1. The molecule has 0 saturated heterocycles. The number of rotatable bonds is 8. The van der Waals surface area contributed by atoms with Crippen LogP contribution in [-0.2, 0) is 16.7 Å². The van der Waals surface area contributed by atoms with Crippen molar-refractivity contribution in [2.24, 2.45) is 0 Å². The number of ether oxygens (including phenoxy) is 2. The fourth-order valence-electron chi connectivity index (χ4n) is 2.65. The lowest BCUT2D eigenvalue weighted by Gasteiger charge is -2.11. The molecule has 8 heteroatoms. The molecule has 1 aromatic heterocycles. The van der Waals surface area contributed by atoms with E-state index in [0.717, 1.165) is 5.56 Å². The first-order valence-corrected chi connectivity index (χ1v) is 10.3. The highest BCUT2D eigenvalue weighted by atomic mass is 32.2. The van der Waals surface area contributed by atoms with Gasteiger partial charge in [-0.05, 0) is 48.9 Å². The minimum Gasteiger partial charge on any atom is -0.497 e. The molecule has 2 aromatic carbocycles. The van der Waals surface area contributed by atoms with Crippen LogP contribution >= 0.6 is 0 Å². The van der Waals surface area contributed by atoms with Gasteiger partial charge in [-0.2, -0.15) is 8.42 Å². The molecule has 0 amide bonds. The maximum Gasteiger partial charge on any atom is 0.339 e. The van der Waals surface area contributed by atoms with Crippen LogP contribution in [0.15, 0.2) is 71.9 Å². The number of nitrogens with zero attached hydrogens (tertiary/aromatic N) is 1. The fourth-order valence-corrected chi connectivity index (χ4v) is 3.56. The third-order valence-corrected chi connectivity index (χ3v) is 5.37. The number of aryl methyl sites for hydroxylation is 1. The van der Waals surface area contributed by atoms with Crippen LogP contribution in [0.1, 0.15) is 5.56 Å². The number of nitrogen functional groups attached to an aromatic ring is 1. The monoisotopic (exact) mass is 415 g/mol. The lowest BCUT2D eigenvalue weighted by atomic mass is 10.2. The van der Waals surface area contributed by atoms with Gasteiger partial charge in [-0.3, -0.25) is 0 Å². The van der Waals surface area contributed by atoms with Crippen molar-refractivity contribution in [2.45, 2.75) is 18.4 Å². The van der Waals surface area contributed by atoms with E-state index < -0.39 is 10.1 Å². The highest BCUT2D eigenvalue weighted by molar-refractivity contribution is 7.87. The summed E-state index contributed by atoms with van der Waals surface area (Å²) < 4.78 is 43.1. The first-order chi connectivity index (χ1) is 13.9. The Balaban J connectivity index is 1.68. The van der Waals surface area contributed by atoms with Crippen molar-refractivity contribution in [1.82, 2.24) is 0 Å². The normalized spacial score (nSPS) is 11.1. The van der Waals surface area contributed by atoms with Crippen LogP contribution in [0.4, 0.5) is 5.69 Å². The molecule has 0 spiro atoms. The van der Waals surface area contributed by atoms with Crippen molar-refractivity contribution in [3.05, 3.63) is 72.6 Å². The van der Waals surface area contributed by atoms with Gasteiger partial charge in [-0.15, -0.1) is 0 Å². The fraction of sp³-hybridized carbons (Fsp3) is 0.190. The quantitative estimate of drug-likeness (QED) is 0.449. The van der Waals surface area contributed by atoms with E-state index in [1.807, 2.05) is 42.1 Å². The van der Waals surface area contributed by atoms with Crippen LogP contribution in [0.3, 0.4) is 0 Å². The highest BCUT2D eigenvalue weighted by Gasteiger charge is 2.17. The molecule has 0 saturated carbocycles. The molecule has 0 bridgehead atoms. The van der Waals surface area contributed by atoms with Crippen molar-refractivity contribution in [2.75, 3.05) is 19.5 Å². The summed E-state index contributed by atoms with van der Waals surface area (Å²) in [7, 11) is -2.45. The van der Waals surface area contributed by atoms with Crippen LogP contribution in [0.2, 0.25) is 0 Å². The third-order valence-electron chi connectivity index (χ3n) is 4.11. The van der Waals surface area contributed by atoms with Gasteiger partial charge in [0.05, 0.1) is 7.11 Å². The molecule has 0 atom stereocenters. The van der Waals surface area contributed by atoms with Crippen LogP contribution in [-0.4, -0.2) is 22.1 Å². The molecule has 2 N–H and O–H groups in total. The first kappa shape index (κ1) is 20.5. The number of nitrogens with two attached hydrogens (primary N) is 1. The Bertz CT molecular complexity index is 1070. The van der Waals surface area contributed by atoms with Crippen molar-refractivity contribution in [3.63, 3.8) is 0 Å². The Morgan fingerprint density at radius 3 is 2.24 bits per heavy atom. The zero-order valence-corrected chi connectivity index (χ0v) is 17.1. The summed E-state index contributed by atoms with van der Waals surface area (Å²) in [5.74, 6) is 1.28. The van der Waals surface area contributed by atoms with E-state index in [-0.39, 0.29) is 10.6 Å². The van der Waals surface area contributed by atoms with Crippen molar-refractivity contribution in [1.29, 1.82) is 0 Å². The van der Waals surface area contributed by atoms with Crippen LogP contribution in [0, 0.1) is 6.92 Å². The van der Waals surface area contributed by atoms with Gasteiger partial charge in [-0.25, -0.2) is 4.57 Å². The largest absolute Gasteiger partial charge is 0.497 e. The van der Waals surface area contributed by atoms with E-state index in [0.29, 0.717) is 30.3 Å². The lowest BCUT2D eigenvalue weighted by molar-refractivity contribution is -0.697. The molecule has 1 heterocycles. The summed E-state index contributed by atoms with van der Waals surface area (Å²) >= 11 is 0. The molecule has 29 heavy (non-hydrogen) atoms. The smallest absolute Gasteiger partial charge is 0.339 e. The molecule has 0 aliphatic heterocycles. The average molecular weight is 415 g/mol. The highest BCUT2D eigenvalue weighted by Crippen LogP contribution is 2.26. The van der Waals surface area contributed by atoms with Gasteiger partial charge in [0, 0.05) is 23.9 Å². The Morgan fingerprint density at radius 1 is 0.931 bits per heavy atom. The summed E-state index contributed by atoms with van der Waals surface area (Å²) in [5, 5.41) is 0. The van der Waals surface area contributed by atoms with Crippen molar-refractivity contribution < 1.29 is 26.6 Å². The predicted molar refractivity (Wildman–Crippen MR) is 109 cm³/mol. The summed E-state index contributed by atoms with van der Waals surface area (Å²) in [6, 6.07) is 14.6. The van der Waals surface area contributed by atoms with E-state index in [1.165, 1.54) is 19.2 Å².